The molecule has 2 rings (SSSR count). The summed E-state index contributed by atoms with van der Waals surface area (Å²) in [7, 11) is 0. The van der Waals surface area contributed by atoms with Gasteiger partial charge in [0.05, 0.1) is 6.10 Å². The van der Waals surface area contributed by atoms with Gasteiger partial charge in [-0.1, -0.05) is 23.4 Å². The van der Waals surface area contributed by atoms with Crippen LogP contribution in [0.4, 0.5) is 0 Å². The van der Waals surface area contributed by atoms with E-state index in [9.17, 15) is 15.3 Å². The van der Waals surface area contributed by atoms with Gasteiger partial charge in [0.2, 0.25) is 0 Å². The van der Waals surface area contributed by atoms with Crippen LogP contribution in [0.2, 0.25) is 5.02 Å². The Morgan fingerprint density at radius 1 is 1.06 bits per heavy atom. The van der Waals surface area contributed by atoms with E-state index in [2.05, 4.69) is 0 Å². The predicted octanol–water partition coefficient (Wildman–Crippen LogP) is 1.26. The predicted molar refractivity (Wildman–Crippen MR) is 69.7 cm³/mol. The summed E-state index contributed by atoms with van der Waals surface area (Å²) in [6.45, 7) is 1.66. The summed E-state index contributed by atoms with van der Waals surface area (Å²) in [5.74, 6) is 0. The summed E-state index contributed by atoms with van der Waals surface area (Å²) in [4.78, 5) is 0.874. The van der Waals surface area contributed by atoms with Gasteiger partial charge in [0.1, 0.15) is 23.7 Å². The van der Waals surface area contributed by atoms with Crippen LogP contribution in [0.3, 0.4) is 0 Å². The molecule has 100 valence electrons. The zero-order chi connectivity index (χ0) is 13.3. The first kappa shape index (κ1) is 14.1. The van der Waals surface area contributed by atoms with Crippen molar-refractivity contribution in [1.82, 2.24) is 0 Å². The number of thioether (sulfide) groups is 1. The first-order valence-corrected chi connectivity index (χ1v) is 6.86. The molecule has 1 aliphatic rings. The fraction of sp³-hybridized carbons (Fsp3) is 0.500. The van der Waals surface area contributed by atoms with Crippen LogP contribution in [0.25, 0.3) is 0 Å². The second-order valence-electron chi connectivity index (χ2n) is 4.25. The Morgan fingerprint density at radius 2 is 1.67 bits per heavy atom. The van der Waals surface area contributed by atoms with Crippen LogP contribution >= 0.6 is 23.4 Å². The van der Waals surface area contributed by atoms with Crippen molar-refractivity contribution in [3.63, 3.8) is 0 Å². The molecule has 0 unspecified atom stereocenters. The van der Waals surface area contributed by atoms with Crippen molar-refractivity contribution in [2.75, 3.05) is 0 Å². The fourth-order valence-corrected chi connectivity index (χ4v) is 2.98. The van der Waals surface area contributed by atoms with Crippen molar-refractivity contribution < 1.29 is 20.1 Å². The Bertz CT molecular complexity index is 400. The topological polar surface area (TPSA) is 69.9 Å². The monoisotopic (exact) mass is 290 g/mol. The van der Waals surface area contributed by atoms with E-state index in [1.807, 2.05) is 12.1 Å². The van der Waals surface area contributed by atoms with E-state index in [1.165, 1.54) is 11.8 Å². The maximum atomic E-state index is 9.86. The average Bonchev–Trinajstić information content (AvgIpc) is 2.36. The van der Waals surface area contributed by atoms with Gasteiger partial charge in [0.25, 0.3) is 0 Å². The Balaban J connectivity index is 2.06. The lowest BCUT2D eigenvalue weighted by Crippen LogP contribution is -2.55. The van der Waals surface area contributed by atoms with Gasteiger partial charge >= 0.3 is 0 Å². The van der Waals surface area contributed by atoms with Crippen molar-refractivity contribution in [2.24, 2.45) is 0 Å². The average molecular weight is 291 g/mol. The molecule has 1 aliphatic heterocycles. The minimum Gasteiger partial charge on any atom is -0.388 e. The third kappa shape index (κ3) is 2.99. The minimum absolute atomic E-state index is 0.520. The Labute approximate surface area is 115 Å². The molecule has 4 nitrogen and oxygen atoms in total. The fourth-order valence-electron chi connectivity index (χ4n) is 1.76. The van der Waals surface area contributed by atoms with Crippen molar-refractivity contribution >= 4 is 23.4 Å². The first-order valence-electron chi connectivity index (χ1n) is 5.61. The van der Waals surface area contributed by atoms with Gasteiger partial charge in [-0.15, -0.1) is 0 Å². The van der Waals surface area contributed by atoms with Gasteiger partial charge in [0, 0.05) is 9.92 Å². The number of aliphatic hydroxyl groups is 3. The lowest BCUT2D eigenvalue weighted by atomic mass is 10.0. The van der Waals surface area contributed by atoms with Crippen molar-refractivity contribution in [2.45, 2.75) is 41.7 Å². The third-order valence-electron chi connectivity index (χ3n) is 2.87. The standard InChI is InChI=1S/C12H15ClO4S/c1-6-9(14)10(15)11(16)12(17-6)18-8-4-2-7(13)3-5-8/h2-6,9-12,14-16H,1H3/t6-,9+,10+,11-,12+/m1/s1. The summed E-state index contributed by atoms with van der Waals surface area (Å²) in [6.07, 6.45) is -3.91. The largest absolute Gasteiger partial charge is 0.388 e. The Kier molecular flexibility index (Phi) is 4.53. The summed E-state index contributed by atoms with van der Waals surface area (Å²) in [5, 5.41) is 29.8. The molecule has 3 N–H and O–H groups in total. The van der Waals surface area contributed by atoms with E-state index < -0.39 is 29.9 Å². The Morgan fingerprint density at radius 3 is 2.28 bits per heavy atom. The normalized spacial score (nSPS) is 36.6. The lowest BCUT2D eigenvalue weighted by molar-refractivity contribution is -0.192. The number of hydrogen-bond acceptors (Lipinski definition) is 5. The zero-order valence-electron chi connectivity index (χ0n) is 9.73. The molecule has 1 saturated heterocycles. The molecule has 0 spiro atoms. The van der Waals surface area contributed by atoms with Crippen molar-refractivity contribution in [3.8, 4) is 0 Å². The molecular formula is C12H15ClO4S. The summed E-state index contributed by atoms with van der Waals surface area (Å²) in [5.41, 5.74) is -0.612. The van der Waals surface area contributed by atoms with E-state index in [-0.39, 0.29) is 0 Å². The number of rotatable bonds is 2. The summed E-state index contributed by atoms with van der Waals surface area (Å²) in [6, 6.07) is 7.11. The first-order chi connectivity index (χ1) is 8.49. The number of hydrogen-bond donors (Lipinski definition) is 3. The molecule has 1 heterocycles. The van der Waals surface area contributed by atoms with Crippen LogP contribution in [0.5, 0.6) is 0 Å². The second-order valence-corrected chi connectivity index (χ2v) is 5.86. The quantitative estimate of drug-likeness (QED) is 0.765. The molecule has 6 heteroatoms. The highest BCUT2D eigenvalue weighted by Crippen LogP contribution is 2.33. The van der Waals surface area contributed by atoms with Gasteiger partial charge in [-0.3, -0.25) is 0 Å². The maximum absolute atomic E-state index is 9.86. The molecular weight excluding hydrogens is 276 g/mol. The molecule has 0 aromatic heterocycles. The molecule has 5 atom stereocenters. The zero-order valence-corrected chi connectivity index (χ0v) is 11.3. The van der Waals surface area contributed by atoms with Crippen LogP contribution < -0.4 is 0 Å². The van der Waals surface area contributed by atoms with E-state index in [1.54, 1.807) is 19.1 Å². The van der Waals surface area contributed by atoms with Gasteiger partial charge in [-0.25, -0.2) is 0 Å². The Hall–Kier alpha value is -0.300. The van der Waals surface area contributed by atoms with Crippen LogP contribution in [-0.2, 0) is 4.74 Å². The van der Waals surface area contributed by atoms with Crippen molar-refractivity contribution in [3.05, 3.63) is 29.3 Å². The van der Waals surface area contributed by atoms with Crippen LogP contribution in [0, 0.1) is 0 Å². The van der Waals surface area contributed by atoms with Crippen molar-refractivity contribution in [1.29, 1.82) is 0 Å². The lowest BCUT2D eigenvalue weighted by Gasteiger charge is -2.38. The molecule has 0 aliphatic carbocycles. The van der Waals surface area contributed by atoms with E-state index in [0.717, 1.165) is 4.90 Å². The highest BCUT2D eigenvalue weighted by atomic mass is 35.5. The van der Waals surface area contributed by atoms with Crippen LogP contribution in [0.15, 0.2) is 29.2 Å². The molecule has 0 radical (unpaired) electrons. The number of halogens is 1. The number of benzene rings is 1. The van der Waals surface area contributed by atoms with Gasteiger partial charge in [-0.2, -0.15) is 0 Å². The second kappa shape index (κ2) is 5.77. The smallest absolute Gasteiger partial charge is 0.136 e. The van der Waals surface area contributed by atoms with E-state index in [0.29, 0.717) is 5.02 Å². The van der Waals surface area contributed by atoms with E-state index in [4.69, 9.17) is 16.3 Å². The summed E-state index contributed by atoms with van der Waals surface area (Å²) < 4.78 is 5.49. The highest BCUT2D eigenvalue weighted by Gasteiger charge is 2.42. The molecule has 0 amide bonds. The van der Waals surface area contributed by atoms with Gasteiger partial charge in [-0.05, 0) is 31.2 Å². The molecule has 1 aromatic carbocycles. The maximum Gasteiger partial charge on any atom is 0.136 e. The van der Waals surface area contributed by atoms with Gasteiger partial charge in [0.15, 0.2) is 0 Å². The molecule has 0 bridgehead atoms. The van der Waals surface area contributed by atoms with Gasteiger partial charge < -0.3 is 20.1 Å². The SMILES string of the molecule is C[C@H]1O[C@@H](Sc2ccc(Cl)cc2)[C@H](O)[C@@H](O)[C@H]1O. The molecule has 1 fully saturated rings. The number of ether oxygens (including phenoxy) is 1. The molecule has 0 saturated carbocycles. The van der Waals surface area contributed by atoms with E-state index >= 15 is 0 Å². The summed E-state index contributed by atoms with van der Waals surface area (Å²) >= 11 is 7.07. The molecule has 1 aromatic rings. The third-order valence-corrected chi connectivity index (χ3v) is 4.29. The highest BCUT2D eigenvalue weighted by molar-refractivity contribution is 7.99. The molecule has 18 heavy (non-hydrogen) atoms. The van der Waals surface area contributed by atoms with Crippen LogP contribution in [-0.4, -0.2) is 45.2 Å². The van der Waals surface area contributed by atoms with Crippen LogP contribution in [0.1, 0.15) is 6.92 Å². The number of aliphatic hydroxyl groups excluding tert-OH is 3. The minimum atomic E-state index is -1.20.